The van der Waals surface area contributed by atoms with Gasteiger partial charge in [0, 0.05) is 0 Å². The third kappa shape index (κ3) is 7.19. The van der Waals surface area contributed by atoms with Gasteiger partial charge in [-0.2, -0.15) is 0 Å². The van der Waals surface area contributed by atoms with Crippen molar-refractivity contribution in [3.8, 4) is 23.0 Å². The van der Waals surface area contributed by atoms with E-state index in [9.17, 15) is 14.4 Å². The Morgan fingerprint density at radius 1 is 0.594 bits per heavy atom. The number of ether oxygens (including phenoxy) is 6. The smallest absolute Gasteiger partial charge is 0.310 e. The van der Waals surface area contributed by atoms with E-state index >= 15 is 0 Å². The van der Waals surface area contributed by atoms with Crippen LogP contribution in [0.2, 0.25) is 0 Å². The van der Waals surface area contributed by atoms with Crippen LogP contribution in [0.5, 0.6) is 23.0 Å². The quantitative estimate of drug-likeness (QED) is 0.453. The second kappa shape index (κ2) is 12.2. The number of methoxy groups -OCH3 is 4. The zero-order valence-corrected chi connectivity index (χ0v) is 18.5. The first-order valence-electron chi connectivity index (χ1n) is 9.64. The van der Waals surface area contributed by atoms with Crippen LogP contribution in [0.15, 0.2) is 36.4 Å². The summed E-state index contributed by atoms with van der Waals surface area (Å²) >= 11 is 0. The van der Waals surface area contributed by atoms with Gasteiger partial charge in [0.25, 0.3) is 0 Å². The van der Waals surface area contributed by atoms with Crippen LogP contribution in [0.3, 0.4) is 0 Å². The van der Waals surface area contributed by atoms with Gasteiger partial charge in [-0.25, -0.2) is 0 Å². The Labute approximate surface area is 186 Å². The van der Waals surface area contributed by atoms with E-state index in [2.05, 4.69) is 0 Å². The minimum Gasteiger partial charge on any atom is -0.493 e. The maximum Gasteiger partial charge on any atom is 0.310 e. The SMILES string of the molecule is COc1ccc(CC(=O)OCC(=O)COC(=O)Cc2ccc(OC)c(OC)c2)cc1OC. The van der Waals surface area contributed by atoms with E-state index in [1.807, 2.05) is 0 Å². The normalized spacial score (nSPS) is 10.1. The summed E-state index contributed by atoms with van der Waals surface area (Å²) in [5, 5.41) is 0. The summed E-state index contributed by atoms with van der Waals surface area (Å²) in [6.45, 7) is -0.981. The minimum absolute atomic E-state index is 0.0489. The molecule has 2 rings (SSSR count). The predicted molar refractivity (Wildman–Crippen MR) is 113 cm³/mol. The standard InChI is InChI=1S/C23H26O9/c1-27-18-7-5-15(9-20(18)29-3)11-22(25)31-13-17(24)14-32-23(26)12-16-6-8-19(28-2)21(10-16)30-4/h5-10H,11-14H2,1-4H3. The molecule has 0 amide bonds. The highest BCUT2D eigenvalue weighted by molar-refractivity contribution is 5.86. The lowest BCUT2D eigenvalue weighted by Gasteiger charge is -2.10. The van der Waals surface area contributed by atoms with E-state index in [-0.39, 0.29) is 12.8 Å². The van der Waals surface area contributed by atoms with Gasteiger partial charge in [0.05, 0.1) is 41.3 Å². The van der Waals surface area contributed by atoms with Crippen molar-refractivity contribution in [2.75, 3.05) is 41.7 Å². The van der Waals surface area contributed by atoms with E-state index in [1.165, 1.54) is 28.4 Å². The maximum atomic E-state index is 12.0. The lowest BCUT2D eigenvalue weighted by atomic mass is 10.1. The topological polar surface area (TPSA) is 107 Å². The Balaban J connectivity index is 1.76. The summed E-state index contributed by atoms with van der Waals surface area (Å²) in [4.78, 5) is 35.9. The van der Waals surface area contributed by atoms with Crippen LogP contribution >= 0.6 is 0 Å². The minimum atomic E-state index is -0.595. The van der Waals surface area contributed by atoms with Crippen molar-refractivity contribution in [3.05, 3.63) is 47.5 Å². The fourth-order valence-corrected chi connectivity index (χ4v) is 2.78. The van der Waals surface area contributed by atoms with Crippen LogP contribution in [0.4, 0.5) is 0 Å². The molecule has 9 heteroatoms. The van der Waals surface area contributed by atoms with Gasteiger partial charge in [-0.1, -0.05) is 12.1 Å². The van der Waals surface area contributed by atoms with Crippen molar-refractivity contribution < 1.29 is 42.8 Å². The molecular weight excluding hydrogens is 420 g/mol. The molecule has 172 valence electrons. The molecule has 0 spiro atoms. The molecule has 2 aromatic carbocycles. The molecule has 9 nitrogen and oxygen atoms in total. The van der Waals surface area contributed by atoms with Crippen LogP contribution in [0.1, 0.15) is 11.1 Å². The summed E-state index contributed by atoms with van der Waals surface area (Å²) in [6.07, 6.45) is -0.0978. The van der Waals surface area contributed by atoms with Gasteiger partial charge in [-0.3, -0.25) is 14.4 Å². The lowest BCUT2D eigenvalue weighted by Crippen LogP contribution is -2.22. The van der Waals surface area contributed by atoms with Gasteiger partial charge >= 0.3 is 11.9 Å². The number of rotatable bonds is 12. The highest BCUT2D eigenvalue weighted by Gasteiger charge is 2.14. The fraction of sp³-hybridized carbons (Fsp3) is 0.348. The predicted octanol–water partition coefficient (Wildman–Crippen LogP) is 2.16. The van der Waals surface area contributed by atoms with Crippen molar-refractivity contribution in [2.45, 2.75) is 12.8 Å². The number of hydrogen-bond acceptors (Lipinski definition) is 9. The summed E-state index contributed by atoms with van der Waals surface area (Å²) < 4.78 is 30.6. The van der Waals surface area contributed by atoms with Crippen molar-refractivity contribution in [2.24, 2.45) is 0 Å². The first kappa shape index (κ1) is 24.5. The molecular formula is C23H26O9. The van der Waals surface area contributed by atoms with E-state index < -0.39 is 30.9 Å². The third-order valence-corrected chi connectivity index (χ3v) is 4.38. The molecule has 0 radical (unpaired) electrons. The van der Waals surface area contributed by atoms with Gasteiger partial charge < -0.3 is 28.4 Å². The molecule has 0 bridgehead atoms. The zero-order chi connectivity index (χ0) is 23.5. The van der Waals surface area contributed by atoms with Crippen LogP contribution < -0.4 is 18.9 Å². The molecule has 0 fully saturated rings. The Morgan fingerprint density at radius 3 is 1.31 bits per heavy atom. The second-order valence-corrected chi connectivity index (χ2v) is 6.59. The molecule has 0 heterocycles. The van der Waals surface area contributed by atoms with Crippen LogP contribution in [0.25, 0.3) is 0 Å². The van der Waals surface area contributed by atoms with Gasteiger partial charge in [0.2, 0.25) is 5.78 Å². The number of esters is 2. The molecule has 0 aliphatic carbocycles. The van der Waals surface area contributed by atoms with E-state index in [0.717, 1.165) is 0 Å². The molecule has 2 aromatic rings. The average Bonchev–Trinajstić information content (AvgIpc) is 2.81. The fourth-order valence-electron chi connectivity index (χ4n) is 2.78. The molecule has 0 unspecified atom stereocenters. The molecule has 0 aromatic heterocycles. The third-order valence-electron chi connectivity index (χ3n) is 4.38. The Hall–Kier alpha value is -3.75. The average molecular weight is 446 g/mol. The van der Waals surface area contributed by atoms with E-state index in [1.54, 1.807) is 36.4 Å². The van der Waals surface area contributed by atoms with Gasteiger partial charge in [0.15, 0.2) is 36.2 Å². The molecule has 0 N–H and O–H groups in total. The van der Waals surface area contributed by atoms with Crippen LogP contribution in [-0.2, 0) is 36.7 Å². The Bertz CT molecular complexity index is 877. The van der Waals surface area contributed by atoms with Gasteiger partial charge in [-0.15, -0.1) is 0 Å². The van der Waals surface area contributed by atoms with Gasteiger partial charge in [-0.05, 0) is 35.4 Å². The molecule has 32 heavy (non-hydrogen) atoms. The first-order chi connectivity index (χ1) is 15.4. The second-order valence-electron chi connectivity index (χ2n) is 6.59. The summed E-state index contributed by atoms with van der Waals surface area (Å²) in [5.41, 5.74) is 1.28. The van der Waals surface area contributed by atoms with Crippen molar-refractivity contribution in [1.82, 2.24) is 0 Å². The molecule has 0 atom stereocenters. The van der Waals surface area contributed by atoms with Crippen molar-refractivity contribution in [3.63, 3.8) is 0 Å². The summed E-state index contributed by atoms with van der Waals surface area (Å²) in [5.74, 6) is 0.311. The van der Waals surface area contributed by atoms with E-state index in [4.69, 9.17) is 28.4 Å². The zero-order valence-electron chi connectivity index (χ0n) is 18.5. The highest BCUT2D eigenvalue weighted by atomic mass is 16.6. The molecule has 0 saturated carbocycles. The molecule has 0 saturated heterocycles. The van der Waals surface area contributed by atoms with Crippen molar-refractivity contribution >= 4 is 17.7 Å². The van der Waals surface area contributed by atoms with Crippen molar-refractivity contribution in [1.29, 1.82) is 0 Å². The van der Waals surface area contributed by atoms with E-state index in [0.29, 0.717) is 34.1 Å². The number of ketones is 1. The Morgan fingerprint density at radius 2 is 0.969 bits per heavy atom. The maximum absolute atomic E-state index is 12.0. The lowest BCUT2D eigenvalue weighted by molar-refractivity contribution is -0.152. The van der Waals surface area contributed by atoms with Crippen LogP contribution in [-0.4, -0.2) is 59.4 Å². The first-order valence-corrected chi connectivity index (χ1v) is 9.64. The number of carbonyl (C=O) groups is 3. The summed E-state index contributed by atoms with van der Waals surface area (Å²) in [6, 6.07) is 10.0. The number of carbonyl (C=O) groups excluding carboxylic acids is 3. The monoisotopic (exact) mass is 446 g/mol. The summed E-state index contributed by atoms with van der Waals surface area (Å²) in [7, 11) is 6.01. The largest absolute Gasteiger partial charge is 0.493 e. The molecule has 0 aliphatic heterocycles. The van der Waals surface area contributed by atoms with Crippen LogP contribution in [0, 0.1) is 0 Å². The number of Topliss-reactive ketones (excluding diaryl/α,β-unsaturated/α-hetero) is 1. The number of hydrogen-bond donors (Lipinski definition) is 0. The molecule has 0 aliphatic rings. The number of benzene rings is 2. The highest BCUT2D eigenvalue weighted by Crippen LogP contribution is 2.28. The van der Waals surface area contributed by atoms with Gasteiger partial charge in [0.1, 0.15) is 0 Å². The Kier molecular flexibility index (Phi) is 9.34.